The molecule has 8 heteroatoms. The number of benzene rings is 3. The Kier molecular flexibility index (Phi) is 5.31. The van der Waals surface area contributed by atoms with Crippen LogP contribution in [0.25, 0.3) is 10.9 Å². The minimum atomic E-state index is -2.12. The molecule has 140 valence electrons. The Labute approximate surface area is 171 Å². The van der Waals surface area contributed by atoms with E-state index in [0.29, 0.717) is 5.88 Å². The Morgan fingerprint density at radius 1 is 1.00 bits per heavy atom. The average molecular weight is 425 g/mol. The van der Waals surface area contributed by atoms with Crippen molar-refractivity contribution in [2.45, 2.75) is 5.88 Å². The summed E-state index contributed by atoms with van der Waals surface area (Å²) in [6, 6.07) is 25.1. The maximum atomic E-state index is 11.1. The zero-order valence-corrected chi connectivity index (χ0v) is 17.2. The largest absolute Gasteiger partial charge is 0.271 e. The molecular formula is C20H16N3O2PS2. The summed E-state index contributed by atoms with van der Waals surface area (Å²) in [5.74, 6) is 0.520. The molecule has 5 nitrogen and oxygen atoms in total. The van der Waals surface area contributed by atoms with Gasteiger partial charge in [-0.1, -0.05) is 83.9 Å². The molecule has 0 aliphatic heterocycles. The molecule has 0 saturated carbocycles. The highest BCUT2D eigenvalue weighted by Crippen LogP contribution is 2.57. The van der Waals surface area contributed by atoms with Crippen molar-refractivity contribution >= 4 is 55.6 Å². The zero-order valence-electron chi connectivity index (χ0n) is 14.7. The fourth-order valence-electron chi connectivity index (χ4n) is 2.96. The lowest BCUT2D eigenvalue weighted by Gasteiger charge is -2.22. The van der Waals surface area contributed by atoms with Crippen LogP contribution in [0.3, 0.4) is 0 Å². The van der Waals surface area contributed by atoms with Crippen LogP contribution in [0.5, 0.6) is 0 Å². The van der Waals surface area contributed by atoms with Crippen molar-refractivity contribution in [1.82, 2.24) is 9.78 Å². The highest BCUT2D eigenvalue weighted by molar-refractivity contribution is 8.75. The third-order valence-electron chi connectivity index (χ3n) is 4.39. The first-order valence-electron chi connectivity index (χ1n) is 8.54. The zero-order chi connectivity index (χ0) is 19.6. The monoisotopic (exact) mass is 425 g/mol. The second-order valence-electron chi connectivity index (χ2n) is 6.13. The SMILES string of the molecule is O=[N+]([O-])c1ccc2cnn(CSP(=S)(c3ccccc3)c3ccccc3)c2c1. The van der Waals surface area contributed by atoms with Gasteiger partial charge in [-0.25, -0.2) is 0 Å². The van der Waals surface area contributed by atoms with E-state index in [2.05, 4.69) is 29.4 Å². The highest BCUT2D eigenvalue weighted by Gasteiger charge is 2.23. The lowest BCUT2D eigenvalue weighted by Crippen LogP contribution is -2.14. The van der Waals surface area contributed by atoms with E-state index < -0.39 is 5.24 Å². The van der Waals surface area contributed by atoms with Gasteiger partial charge in [0.1, 0.15) is 0 Å². The number of aromatic nitrogens is 2. The van der Waals surface area contributed by atoms with Crippen molar-refractivity contribution in [3.8, 4) is 0 Å². The molecule has 0 radical (unpaired) electrons. The van der Waals surface area contributed by atoms with Crippen LogP contribution in [0.1, 0.15) is 0 Å². The summed E-state index contributed by atoms with van der Waals surface area (Å²) in [5, 5.41) is 16.6. The van der Waals surface area contributed by atoms with Crippen molar-refractivity contribution in [3.63, 3.8) is 0 Å². The van der Waals surface area contributed by atoms with Gasteiger partial charge in [0.15, 0.2) is 0 Å². The van der Waals surface area contributed by atoms with E-state index in [0.717, 1.165) is 21.5 Å². The van der Waals surface area contributed by atoms with Crippen LogP contribution in [-0.4, -0.2) is 14.7 Å². The van der Waals surface area contributed by atoms with Crippen molar-refractivity contribution < 1.29 is 4.92 Å². The van der Waals surface area contributed by atoms with E-state index in [1.54, 1.807) is 34.4 Å². The number of rotatable bonds is 6. The van der Waals surface area contributed by atoms with Crippen LogP contribution in [0.4, 0.5) is 5.69 Å². The maximum absolute atomic E-state index is 11.1. The van der Waals surface area contributed by atoms with Crippen LogP contribution >= 0.6 is 16.6 Å². The fraction of sp³-hybridized carbons (Fsp3) is 0.0500. The molecule has 4 aromatic rings. The van der Waals surface area contributed by atoms with Gasteiger partial charge in [-0.15, -0.1) is 0 Å². The molecular weight excluding hydrogens is 409 g/mol. The fourth-order valence-corrected chi connectivity index (χ4v) is 8.76. The van der Waals surface area contributed by atoms with Gasteiger partial charge < -0.3 is 0 Å². The molecule has 0 N–H and O–H groups in total. The quantitative estimate of drug-likeness (QED) is 0.255. The molecule has 3 aromatic carbocycles. The summed E-state index contributed by atoms with van der Waals surface area (Å²) in [4.78, 5) is 10.7. The predicted molar refractivity (Wildman–Crippen MR) is 120 cm³/mol. The Hall–Kier alpha value is -2.47. The summed E-state index contributed by atoms with van der Waals surface area (Å²) in [5.41, 5.74) is 0.800. The van der Waals surface area contributed by atoms with Crippen LogP contribution in [0.15, 0.2) is 85.1 Å². The molecule has 1 heterocycles. The van der Waals surface area contributed by atoms with Gasteiger partial charge in [-0.2, -0.15) is 5.10 Å². The van der Waals surface area contributed by atoms with E-state index in [-0.39, 0.29) is 10.6 Å². The van der Waals surface area contributed by atoms with E-state index in [9.17, 15) is 10.1 Å². The highest BCUT2D eigenvalue weighted by atomic mass is 32.9. The minimum Gasteiger partial charge on any atom is -0.258 e. The van der Waals surface area contributed by atoms with Gasteiger partial charge in [-0.05, 0) is 16.7 Å². The smallest absolute Gasteiger partial charge is 0.258 e. The predicted octanol–water partition coefficient (Wildman–Crippen LogP) is 4.68. The van der Waals surface area contributed by atoms with Crippen LogP contribution in [-0.2, 0) is 17.7 Å². The van der Waals surface area contributed by atoms with Crippen LogP contribution in [0.2, 0.25) is 0 Å². The molecule has 4 rings (SSSR count). The van der Waals surface area contributed by atoms with Gasteiger partial charge in [0.2, 0.25) is 0 Å². The second kappa shape index (κ2) is 7.87. The van der Waals surface area contributed by atoms with Crippen LogP contribution < -0.4 is 10.6 Å². The number of nitro benzene ring substituents is 1. The first-order valence-corrected chi connectivity index (χ1v) is 12.9. The van der Waals surface area contributed by atoms with Gasteiger partial charge >= 0.3 is 0 Å². The lowest BCUT2D eigenvalue weighted by atomic mass is 10.2. The van der Waals surface area contributed by atoms with Crippen molar-refractivity contribution in [3.05, 3.63) is 95.2 Å². The first-order chi connectivity index (χ1) is 13.6. The van der Waals surface area contributed by atoms with Gasteiger partial charge in [-0.3, -0.25) is 14.8 Å². The third kappa shape index (κ3) is 3.61. The summed E-state index contributed by atoms with van der Waals surface area (Å²) >= 11 is 7.90. The molecule has 0 saturated heterocycles. The topological polar surface area (TPSA) is 61.0 Å². The van der Waals surface area contributed by atoms with Crippen LogP contribution in [0, 0.1) is 10.1 Å². The number of non-ortho nitro benzene ring substituents is 1. The standard InChI is InChI=1S/C20H16N3O2PS2/c24-23(25)17-12-11-16-14-21-22(20(16)13-17)15-28-26(27,18-7-3-1-4-8-18)19-9-5-2-6-10-19/h1-14H,15H2. The summed E-state index contributed by atoms with van der Waals surface area (Å²) in [7, 11) is 0. The molecule has 0 aliphatic rings. The van der Waals surface area contributed by atoms with Gasteiger partial charge in [0.25, 0.3) is 5.69 Å². The van der Waals surface area contributed by atoms with Gasteiger partial charge in [0, 0.05) is 17.5 Å². The molecule has 0 fully saturated rings. The molecule has 0 bridgehead atoms. The Morgan fingerprint density at radius 3 is 2.18 bits per heavy atom. The molecule has 0 atom stereocenters. The lowest BCUT2D eigenvalue weighted by molar-refractivity contribution is -0.384. The summed E-state index contributed by atoms with van der Waals surface area (Å²) in [6.45, 7) is 0. The molecule has 0 aliphatic carbocycles. The number of nitro groups is 1. The first kappa shape index (κ1) is 18.9. The summed E-state index contributed by atoms with van der Waals surface area (Å²) < 4.78 is 1.79. The minimum absolute atomic E-state index is 0.0600. The van der Waals surface area contributed by atoms with E-state index in [1.165, 1.54) is 6.07 Å². The Balaban J connectivity index is 1.71. The number of fused-ring (bicyclic) bond motifs is 1. The van der Waals surface area contributed by atoms with Crippen molar-refractivity contribution in [1.29, 1.82) is 0 Å². The maximum Gasteiger partial charge on any atom is 0.271 e. The number of nitrogens with zero attached hydrogens (tertiary/aromatic N) is 3. The molecule has 0 spiro atoms. The Morgan fingerprint density at radius 2 is 1.61 bits per heavy atom. The molecule has 0 unspecified atom stereocenters. The van der Waals surface area contributed by atoms with E-state index in [1.807, 2.05) is 36.4 Å². The van der Waals surface area contributed by atoms with E-state index >= 15 is 0 Å². The third-order valence-corrected chi connectivity index (χ3v) is 12.0. The molecule has 1 aromatic heterocycles. The normalized spacial score (nSPS) is 11.6. The Bertz CT molecular complexity index is 1140. The second-order valence-corrected chi connectivity index (χ2v) is 13.5. The number of hydrogen-bond donors (Lipinski definition) is 0. The van der Waals surface area contributed by atoms with Crippen molar-refractivity contribution in [2.75, 3.05) is 0 Å². The average Bonchev–Trinajstić information content (AvgIpc) is 3.15. The molecule has 0 amide bonds. The van der Waals surface area contributed by atoms with Gasteiger partial charge in [0.05, 0.1) is 27.8 Å². The summed E-state index contributed by atoms with van der Waals surface area (Å²) in [6.07, 6.45) is 1.73. The van der Waals surface area contributed by atoms with Crippen molar-refractivity contribution in [2.24, 2.45) is 0 Å². The number of hydrogen-bond acceptors (Lipinski definition) is 5. The van der Waals surface area contributed by atoms with E-state index in [4.69, 9.17) is 11.8 Å². The molecule has 28 heavy (non-hydrogen) atoms.